The van der Waals surface area contributed by atoms with Crippen molar-refractivity contribution in [3.63, 3.8) is 0 Å². The maximum atomic E-state index is 14.6. The number of hydrogen-bond acceptors (Lipinski definition) is 5. The van der Waals surface area contributed by atoms with Crippen molar-refractivity contribution in [3.8, 4) is 5.75 Å². The molecule has 1 aliphatic heterocycles. The topological polar surface area (TPSA) is 94.9 Å². The van der Waals surface area contributed by atoms with Gasteiger partial charge in [0.15, 0.2) is 0 Å². The smallest absolute Gasteiger partial charge is 0.417 e. The molecule has 200 valence electrons. The molecule has 1 saturated heterocycles. The molecule has 1 amide bonds. The average molecular weight is 527 g/mol. The number of carbonyl (C=O) groups is 1. The Kier molecular flexibility index (Phi) is 8.52. The number of anilines is 1. The zero-order valence-electron chi connectivity index (χ0n) is 20.6. The van der Waals surface area contributed by atoms with E-state index >= 15 is 0 Å². The predicted molar refractivity (Wildman–Crippen MR) is 129 cm³/mol. The molecule has 1 aromatic carbocycles. The molecule has 0 radical (unpaired) electrons. The normalized spacial score (nSPS) is 19.9. The number of methoxy groups -OCH3 is 1. The summed E-state index contributed by atoms with van der Waals surface area (Å²) in [6.45, 7) is 0.654. The first-order chi connectivity index (χ1) is 17.4. The highest BCUT2D eigenvalue weighted by Gasteiger charge is 2.47. The summed E-state index contributed by atoms with van der Waals surface area (Å²) in [6, 6.07) is 7.96. The number of benzene rings is 1. The number of quaternary nitrogens is 1. The first-order valence-electron chi connectivity index (χ1n) is 11.5. The van der Waals surface area contributed by atoms with Gasteiger partial charge in [0.05, 0.1) is 37.9 Å². The summed E-state index contributed by atoms with van der Waals surface area (Å²) in [4.78, 5) is 18.2. The number of amides is 1. The molecule has 1 aromatic heterocycles. The number of pyridine rings is 1. The van der Waals surface area contributed by atoms with Gasteiger partial charge >= 0.3 is 6.18 Å². The van der Waals surface area contributed by atoms with E-state index in [4.69, 9.17) is 10.1 Å². The quantitative estimate of drug-likeness (QED) is 0.362. The molecule has 0 aliphatic carbocycles. The molecule has 1 unspecified atom stereocenters. The van der Waals surface area contributed by atoms with Crippen LogP contribution in [0.15, 0.2) is 48.8 Å². The fourth-order valence-electron chi connectivity index (χ4n) is 4.29. The molecule has 7 nitrogen and oxygen atoms in total. The second kappa shape index (κ2) is 11.2. The zero-order valence-corrected chi connectivity index (χ0v) is 20.6. The Morgan fingerprint density at radius 3 is 2.65 bits per heavy atom. The fourth-order valence-corrected chi connectivity index (χ4v) is 4.29. The third-order valence-electron chi connectivity index (χ3n) is 6.12. The van der Waals surface area contributed by atoms with Crippen molar-refractivity contribution < 1.29 is 36.8 Å². The summed E-state index contributed by atoms with van der Waals surface area (Å²) in [5.41, 5.74) is -0.632. The van der Waals surface area contributed by atoms with Crippen LogP contribution in [0.4, 0.5) is 27.8 Å². The lowest BCUT2D eigenvalue weighted by molar-refractivity contribution is -0.555. The number of carbonyl (C=O) groups excluding carboxylic acids is 1. The number of nitrogens with zero attached hydrogens (tertiary/aromatic N) is 2. The van der Waals surface area contributed by atoms with Gasteiger partial charge in [-0.2, -0.15) is 13.2 Å². The Morgan fingerprint density at radius 2 is 2.05 bits per heavy atom. The van der Waals surface area contributed by atoms with Crippen molar-refractivity contribution in [2.24, 2.45) is 5.92 Å². The summed E-state index contributed by atoms with van der Waals surface area (Å²) in [5, 5.41) is 13.1. The first-order valence-corrected chi connectivity index (χ1v) is 11.5. The second-order valence-corrected chi connectivity index (χ2v) is 8.87. The van der Waals surface area contributed by atoms with Crippen LogP contribution >= 0.6 is 0 Å². The van der Waals surface area contributed by atoms with Crippen LogP contribution in [-0.4, -0.2) is 60.7 Å². The molecular weight excluding hydrogens is 497 g/mol. The standard InChI is InChI=1S/C25H28F5N5O2/c1-15-10-24(26,27)14-35(20(15)13-34-21-8-7-17(11-33-21)25(28,29)30)23(36)22(31)19(12-32-2)16-5-4-6-18(9-16)37-3/h4-9,11-12,15,20,31-32H,10,13-14H2,1-3H3,(H,33,34)/p+1/b19-12-,31-22?/t15-,20?/m1/s1. The summed E-state index contributed by atoms with van der Waals surface area (Å²) in [7, 11) is 3.18. The lowest BCUT2D eigenvalue weighted by Gasteiger charge is -2.43. The van der Waals surface area contributed by atoms with E-state index in [1.54, 1.807) is 49.8 Å². The summed E-state index contributed by atoms with van der Waals surface area (Å²) in [6.07, 6.45) is -2.79. The maximum Gasteiger partial charge on any atom is 0.417 e. The van der Waals surface area contributed by atoms with E-state index in [1.807, 2.05) is 0 Å². The molecule has 2 heterocycles. The Bertz CT molecular complexity index is 1150. The number of piperidine rings is 1. The first kappa shape index (κ1) is 28.0. The number of nitrogens with two attached hydrogens (primary N) is 1. The van der Waals surface area contributed by atoms with Gasteiger partial charge in [-0.1, -0.05) is 19.1 Å². The molecule has 37 heavy (non-hydrogen) atoms. The highest BCUT2D eigenvalue weighted by molar-refractivity contribution is 6.54. The van der Waals surface area contributed by atoms with E-state index in [9.17, 15) is 26.7 Å². The molecule has 12 heteroatoms. The van der Waals surface area contributed by atoms with Crippen LogP contribution in [0.3, 0.4) is 0 Å². The molecule has 2 atom stereocenters. The van der Waals surface area contributed by atoms with Gasteiger partial charge in [-0.05, 0) is 35.7 Å². The van der Waals surface area contributed by atoms with Crippen LogP contribution in [0, 0.1) is 11.3 Å². The third kappa shape index (κ3) is 6.82. The highest BCUT2D eigenvalue weighted by atomic mass is 19.4. The van der Waals surface area contributed by atoms with Crippen LogP contribution in [0.2, 0.25) is 0 Å². The van der Waals surface area contributed by atoms with Crippen molar-refractivity contribution in [1.29, 1.82) is 5.41 Å². The molecular formula is C25H29F5N5O2+. The van der Waals surface area contributed by atoms with Crippen LogP contribution in [0.25, 0.3) is 5.57 Å². The lowest BCUT2D eigenvalue weighted by Crippen LogP contribution is -2.73. The van der Waals surface area contributed by atoms with Gasteiger partial charge in [-0.15, -0.1) is 0 Å². The number of hydrogen-bond donors (Lipinski definition) is 3. The third-order valence-corrected chi connectivity index (χ3v) is 6.12. The van der Waals surface area contributed by atoms with E-state index in [1.165, 1.54) is 7.11 Å². The van der Waals surface area contributed by atoms with Gasteiger partial charge < -0.3 is 20.3 Å². The van der Waals surface area contributed by atoms with Crippen LogP contribution in [0.1, 0.15) is 24.5 Å². The molecule has 4 N–H and O–H groups in total. The van der Waals surface area contributed by atoms with Crippen LogP contribution < -0.4 is 15.4 Å². The zero-order chi connectivity index (χ0) is 27.4. The predicted octanol–water partition coefficient (Wildman–Crippen LogP) is 3.65. The average Bonchev–Trinajstić information content (AvgIpc) is 2.84. The number of likely N-dealkylation sites (tertiary alicyclic amines) is 1. The van der Waals surface area contributed by atoms with Crippen molar-refractivity contribution in [3.05, 3.63) is 59.9 Å². The SMILES string of the molecule is C[NH2+]/C=C(\C(=N)C(=O)N1CC(F)(F)C[C@@H](C)C1CNc1ccc(C(F)(F)F)cn1)c1cccc(OC)c1. The monoisotopic (exact) mass is 526 g/mol. The second-order valence-electron chi connectivity index (χ2n) is 8.87. The molecule has 0 spiro atoms. The van der Waals surface area contributed by atoms with E-state index in [2.05, 4.69) is 10.3 Å². The molecule has 0 bridgehead atoms. The summed E-state index contributed by atoms with van der Waals surface area (Å²) >= 11 is 0. The summed E-state index contributed by atoms with van der Waals surface area (Å²) in [5.74, 6) is -4.09. The lowest BCUT2D eigenvalue weighted by atomic mass is 9.87. The number of halogens is 5. The number of alkyl halides is 5. The molecule has 3 rings (SSSR count). The Balaban J connectivity index is 1.85. The minimum Gasteiger partial charge on any atom is -0.497 e. The fraction of sp³-hybridized carbons (Fsp3) is 0.400. The van der Waals surface area contributed by atoms with Crippen LogP contribution in [-0.2, 0) is 11.0 Å². The number of rotatable bonds is 8. The molecule has 2 aromatic rings. The number of aromatic nitrogens is 1. The molecule has 1 aliphatic rings. The maximum absolute atomic E-state index is 14.6. The van der Waals surface area contributed by atoms with Gasteiger partial charge in [-0.25, -0.2) is 13.8 Å². The Hall–Kier alpha value is -3.54. The van der Waals surface area contributed by atoms with Gasteiger partial charge in [-0.3, -0.25) is 10.2 Å². The number of ether oxygens (including phenoxy) is 1. The van der Waals surface area contributed by atoms with Crippen molar-refractivity contribution in [1.82, 2.24) is 9.88 Å². The van der Waals surface area contributed by atoms with Gasteiger partial charge in [0, 0.05) is 19.2 Å². The number of nitrogens with one attached hydrogen (secondary N) is 2. The molecule has 1 fully saturated rings. The summed E-state index contributed by atoms with van der Waals surface area (Å²) < 4.78 is 72.8. The van der Waals surface area contributed by atoms with Crippen LogP contribution in [0.5, 0.6) is 5.75 Å². The van der Waals surface area contributed by atoms with Gasteiger partial charge in [0.25, 0.3) is 11.8 Å². The highest BCUT2D eigenvalue weighted by Crippen LogP contribution is 2.35. The Morgan fingerprint density at radius 1 is 1.32 bits per heavy atom. The van der Waals surface area contributed by atoms with Crippen molar-refractivity contribution >= 4 is 23.0 Å². The molecule has 0 saturated carbocycles. The van der Waals surface area contributed by atoms with Crippen molar-refractivity contribution in [2.75, 3.05) is 32.6 Å². The van der Waals surface area contributed by atoms with Gasteiger partial charge in [0.1, 0.15) is 23.5 Å². The van der Waals surface area contributed by atoms with E-state index in [0.29, 0.717) is 17.5 Å². The Labute approximate surface area is 211 Å². The van der Waals surface area contributed by atoms with E-state index in [-0.39, 0.29) is 17.9 Å². The van der Waals surface area contributed by atoms with Gasteiger partial charge in [0.2, 0.25) is 0 Å². The van der Waals surface area contributed by atoms with E-state index in [0.717, 1.165) is 17.0 Å². The minimum atomic E-state index is -4.54. The minimum absolute atomic E-state index is 0.0350. The van der Waals surface area contributed by atoms with Crippen molar-refractivity contribution in [2.45, 2.75) is 31.5 Å². The van der Waals surface area contributed by atoms with E-state index < -0.39 is 54.2 Å². The largest absolute Gasteiger partial charge is 0.497 e.